The average molecular weight is 206 g/mol. The zero-order chi connectivity index (χ0) is 9.97. The van der Waals surface area contributed by atoms with Gasteiger partial charge in [0, 0.05) is 5.69 Å². The van der Waals surface area contributed by atoms with Crippen molar-refractivity contribution in [2.24, 2.45) is 0 Å². The van der Waals surface area contributed by atoms with Crippen LogP contribution in [-0.2, 0) is 0 Å². The lowest BCUT2D eigenvalue weighted by atomic mass is 9.99. The van der Waals surface area contributed by atoms with Gasteiger partial charge < -0.3 is 10.6 Å². The highest BCUT2D eigenvalue weighted by Crippen LogP contribution is 2.29. The van der Waals surface area contributed by atoms with Gasteiger partial charge >= 0.3 is 0 Å². The molecule has 1 aromatic carbocycles. The van der Waals surface area contributed by atoms with E-state index in [4.69, 9.17) is 12.2 Å². The highest BCUT2D eigenvalue weighted by atomic mass is 32.1. The normalized spacial score (nSPS) is 19.5. The standard InChI is InChI=1S/C11H14N2S/c1-2-5-9-8-6-3-4-7-10(8)13-11(14)12-9/h3-4,6-7,9H,2,5H2,1H3,(H2,12,13,14). The minimum Gasteiger partial charge on any atom is -0.356 e. The number of fused-ring (bicyclic) bond motifs is 1. The van der Waals surface area contributed by atoms with E-state index in [1.54, 1.807) is 0 Å². The third-order valence-corrected chi connectivity index (χ3v) is 2.69. The predicted octanol–water partition coefficient (Wildman–Crippen LogP) is 2.83. The van der Waals surface area contributed by atoms with Crippen LogP contribution in [0.2, 0.25) is 0 Å². The van der Waals surface area contributed by atoms with Crippen LogP contribution in [0.15, 0.2) is 24.3 Å². The third kappa shape index (κ3) is 1.73. The largest absolute Gasteiger partial charge is 0.356 e. The van der Waals surface area contributed by atoms with Gasteiger partial charge in [0.1, 0.15) is 0 Å². The van der Waals surface area contributed by atoms with E-state index in [-0.39, 0.29) is 0 Å². The van der Waals surface area contributed by atoms with E-state index in [2.05, 4.69) is 35.8 Å². The Morgan fingerprint density at radius 2 is 2.14 bits per heavy atom. The Bertz CT molecular complexity index is 349. The Morgan fingerprint density at radius 1 is 1.36 bits per heavy atom. The van der Waals surface area contributed by atoms with Crippen molar-refractivity contribution in [1.29, 1.82) is 0 Å². The molecule has 3 heteroatoms. The number of anilines is 1. The van der Waals surface area contributed by atoms with Gasteiger partial charge in [-0.1, -0.05) is 31.5 Å². The summed E-state index contributed by atoms with van der Waals surface area (Å²) in [6.07, 6.45) is 2.29. The first-order chi connectivity index (χ1) is 6.81. The minimum atomic E-state index is 0.380. The fraction of sp³-hybridized carbons (Fsp3) is 0.364. The number of para-hydroxylation sites is 1. The molecule has 1 aliphatic rings. The molecule has 0 aromatic heterocycles. The highest BCUT2D eigenvalue weighted by molar-refractivity contribution is 7.80. The summed E-state index contributed by atoms with van der Waals surface area (Å²) in [5.74, 6) is 0. The van der Waals surface area contributed by atoms with Gasteiger partial charge in [-0.15, -0.1) is 0 Å². The summed E-state index contributed by atoms with van der Waals surface area (Å²) in [6.45, 7) is 2.19. The lowest BCUT2D eigenvalue weighted by Gasteiger charge is -2.28. The Balaban J connectivity index is 2.33. The minimum absolute atomic E-state index is 0.380. The summed E-state index contributed by atoms with van der Waals surface area (Å²) in [4.78, 5) is 0. The van der Waals surface area contributed by atoms with E-state index in [0.717, 1.165) is 23.6 Å². The molecule has 0 aliphatic carbocycles. The van der Waals surface area contributed by atoms with Gasteiger partial charge in [0.25, 0.3) is 0 Å². The van der Waals surface area contributed by atoms with Crippen molar-refractivity contribution in [3.8, 4) is 0 Å². The number of rotatable bonds is 2. The first-order valence-corrected chi connectivity index (χ1v) is 5.38. The van der Waals surface area contributed by atoms with E-state index >= 15 is 0 Å². The molecule has 2 N–H and O–H groups in total. The topological polar surface area (TPSA) is 24.1 Å². The van der Waals surface area contributed by atoms with Crippen molar-refractivity contribution in [2.75, 3.05) is 5.32 Å². The molecule has 1 unspecified atom stereocenters. The van der Waals surface area contributed by atoms with Crippen LogP contribution in [0.3, 0.4) is 0 Å². The maximum atomic E-state index is 5.15. The number of nitrogens with one attached hydrogen (secondary N) is 2. The zero-order valence-electron chi connectivity index (χ0n) is 8.21. The van der Waals surface area contributed by atoms with Crippen LogP contribution in [-0.4, -0.2) is 5.11 Å². The number of hydrogen-bond acceptors (Lipinski definition) is 1. The van der Waals surface area contributed by atoms with Crippen molar-refractivity contribution in [2.45, 2.75) is 25.8 Å². The van der Waals surface area contributed by atoms with Crippen LogP contribution < -0.4 is 10.6 Å². The molecule has 0 fully saturated rings. The van der Waals surface area contributed by atoms with Gasteiger partial charge in [-0.05, 0) is 30.3 Å². The molecular formula is C11H14N2S. The van der Waals surface area contributed by atoms with Crippen molar-refractivity contribution < 1.29 is 0 Å². The number of benzene rings is 1. The van der Waals surface area contributed by atoms with E-state index in [1.807, 2.05) is 6.07 Å². The molecule has 14 heavy (non-hydrogen) atoms. The molecule has 1 aliphatic heterocycles. The number of hydrogen-bond donors (Lipinski definition) is 2. The molecule has 0 saturated heterocycles. The quantitative estimate of drug-likeness (QED) is 0.728. The SMILES string of the molecule is CCCC1NC(=S)Nc2ccccc21. The molecule has 0 amide bonds. The van der Waals surface area contributed by atoms with Gasteiger partial charge in [0.05, 0.1) is 6.04 Å². The first-order valence-electron chi connectivity index (χ1n) is 4.97. The number of thiocarbonyl (C=S) groups is 1. The van der Waals surface area contributed by atoms with Gasteiger partial charge in [0.2, 0.25) is 0 Å². The summed E-state index contributed by atoms with van der Waals surface area (Å²) >= 11 is 5.15. The lowest BCUT2D eigenvalue weighted by molar-refractivity contribution is 0.579. The van der Waals surface area contributed by atoms with Crippen LogP contribution in [0, 0.1) is 0 Å². The van der Waals surface area contributed by atoms with Crippen LogP contribution in [0.25, 0.3) is 0 Å². The molecule has 1 atom stereocenters. The fourth-order valence-corrected chi connectivity index (χ4v) is 2.08. The zero-order valence-corrected chi connectivity index (χ0v) is 9.03. The van der Waals surface area contributed by atoms with Crippen LogP contribution >= 0.6 is 12.2 Å². The van der Waals surface area contributed by atoms with Gasteiger partial charge in [-0.3, -0.25) is 0 Å². The monoisotopic (exact) mass is 206 g/mol. The molecular weight excluding hydrogens is 192 g/mol. The lowest BCUT2D eigenvalue weighted by Crippen LogP contribution is -2.37. The Morgan fingerprint density at radius 3 is 2.93 bits per heavy atom. The predicted molar refractivity (Wildman–Crippen MR) is 63.4 cm³/mol. The van der Waals surface area contributed by atoms with E-state index in [1.165, 1.54) is 5.56 Å². The Hall–Kier alpha value is -1.09. The molecule has 1 heterocycles. The summed E-state index contributed by atoms with van der Waals surface area (Å²) in [5, 5.41) is 7.20. The molecule has 2 rings (SSSR count). The average Bonchev–Trinajstić information content (AvgIpc) is 2.18. The van der Waals surface area contributed by atoms with Crippen molar-refractivity contribution in [3.63, 3.8) is 0 Å². The summed E-state index contributed by atoms with van der Waals surface area (Å²) in [5.41, 5.74) is 2.47. The van der Waals surface area contributed by atoms with E-state index < -0.39 is 0 Å². The molecule has 2 nitrogen and oxygen atoms in total. The molecule has 74 valence electrons. The molecule has 1 aromatic rings. The molecule has 0 spiro atoms. The second-order valence-corrected chi connectivity index (χ2v) is 3.94. The van der Waals surface area contributed by atoms with E-state index in [9.17, 15) is 0 Å². The van der Waals surface area contributed by atoms with Crippen molar-refractivity contribution in [3.05, 3.63) is 29.8 Å². The van der Waals surface area contributed by atoms with Crippen LogP contribution in [0.4, 0.5) is 5.69 Å². The molecule has 0 saturated carbocycles. The maximum Gasteiger partial charge on any atom is 0.171 e. The summed E-state index contributed by atoms with van der Waals surface area (Å²) in [6, 6.07) is 8.70. The maximum absolute atomic E-state index is 5.15. The Labute approximate surface area is 89.7 Å². The Kier molecular flexibility index (Phi) is 2.68. The summed E-state index contributed by atoms with van der Waals surface area (Å²) in [7, 11) is 0. The smallest absolute Gasteiger partial charge is 0.171 e. The summed E-state index contributed by atoms with van der Waals surface area (Å²) < 4.78 is 0. The molecule has 0 radical (unpaired) electrons. The first kappa shape index (κ1) is 9.46. The highest BCUT2D eigenvalue weighted by Gasteiger charge is 2.20. The molecule has 0 bridgehead atoms. The van der Waals surface area contributed by atoms with Crippen molar-refractivity contribution in [1.82, 2.24) is 5.32 Å². The third-order valence-electron chi connectivity index (χ3n) is 2.47. The van der Waals surface area contributed by atoms with Gasteiger partial charge in [-0.25, -0.2) is 0 Å². The van der Waals surface area contributed by atoms with Crippen LogP contribution in [0.5, 0.6) is 0 Å². The second kappa shape index (κ2) is 3.96. The van der Waals surface area contributed by atoms with Crippen molar-refractivity contribution >= 4 is 23.0 Å². The van der Waals surface area contributed by atoms with Gasteiger partial charge in [-0.2, -0.15) is 0 Å². The van der Waals surface area contributed by atoms with Crippen LogP contribution in [0.1, 0.15) is 31.4 Å². The fourth-order valence-electron chi connectivity index (χ4n) is 1.83. The van der Waals surface area contributed by atoms with E-state index in [0.29, 0.717) is 6.04 Å². The second-order valence-electron chi connectivity index (χ2n) is 3.53. The van der Waals surface area contributed by atoms with Gasteiger partial charge in [0.15, 0.2) is 5.11 Å².